The molecule has 0 aliphatic heterocycles. The molecule has 0 spiro atoms. The molecule has 0 rings (SSSR count). The van der Waals surface area contributed by atoms with Gasteiger partial charge in [0.25, 0.3) is 0 Å². The lowest BCUT2D eigenvalue weighted by Gasteiger charge is -2.21. The Morgan fingerprint density at radius 1 is 0.292 bits per heavy atom. The van der Waals surface area contributed by atoms with Crippen molar-refractivity contribution in [2.24, 2.45) is 23.7 Å². The lowest BCUT2D eigenvalue weighted by atomic mass is 9.99. The summed E-state index contributed by atoms with van der Waals surface area (Å²) >= 11 is 0. The topological polar surface area (TPSA) is 237 Å². The number of unbranched alkanes of at least 4 members (excludes halogenated alkanes) is 39. The minimum absolute atomic E-state index is 0.104. The largest absolute Gasteiger partial charge is 0.472 e. The maximum absolute atomic E-state index is 13.1. The second-order valence-electron chi connectivity index (χ2n) is 29.4. The summed E-state index contributed by atoms with van der Waals surface area (Å²) in [6, 6.07) is 0. The highest BCUT2D eigenvalue weighted by Crippen LogP contribution is 2.45. The van der Waals surface area contributed by atoms with Gasteiger partial charge in [-0.3, -0.25) is 37.3 Å². The molecule has 3 N–H and O–H groups in total. The van der Waals surface area contributed by atoms with Crippen LogP contribution in [0.5, 0.6) is 0 Å². The number of hydrogen-bond acceptors (Lipinski definition) is 15. The number of esters is 4. The summed E-state index contributed by atoms with van der Waals surface area (Å²) in [6.07, 6.45) is 51.4. The fourth-order valence-electron chi connectivity index (χ4n) is 11.7. The van der Waals surface area contributed by atoms with Crippen molar-refractivity contribution in [1.82, 2.24) is 0 Å². The SMILES string of the molecule is CCC(C)CCCCCCCCCCC(=O)O[C@H](COC(=O)CCCCCCCCCC(C)C)COP(=O)(O)OCC(O)COP(=O)(O)OC[C@@H](COC(=O)CCCCCCCCCCCCCCCCC(C)C)OC(=O)CCCCCCCCCCCCCCCCC(C)C. The molecule has 0 bridgehead atoms. The zero-order valence-electron chi connectivity index (χ0n) is 63.0. The van der Waals surface area contributed by atoms with Gasteiger partial charge in [-0.05, 0) is 49.4 Å². The molecule has 0 fully saturated rings. The molecule has 19 heteroatoms. The highest BCUT2D eigenvalue weighted by molar-refractivity contribution is 7.47. The van der Waals surface area contributed by atoms with Crippen molar-refractivity contribution in [2.75, 3.05) is 39.6 Å². The average Bonchev–Trinajstić information content (AvgIpc) is 1.05. The predicted molar refractivity (Wildman–Crippen MR) is 391 cm³/mol. The van der Waals surface area contributed by atoms with Crippen molar-refractivity contribution in [1.29, 1.82) is 0 Å². The lowest BCUT2D eigenvalue weighted by molar-refractivity contribution is -0.161. The van der Waals surface area contributed by atoms with Crippen molar-refractivity contribution in [2.45, 2.75) is 408 Å². The molecular weight excluding hydrogens is 1260 g/mol. The summed E-state index contributed by atoms with van der Waals surface area (Å²) in [5.41, 5.74) is 0. The van der Waals surface area contributed by atoms with E-state index in [1.54, 1.807) is 0 Å². The number of phosphoric ester groups is 2. The van der Waals surface area contributed by atoms with Crippen LogP contribution < -0.4 is 0 Å². The molecule has 0 heterocycles. The zero-order chi connectivity index (χ0) is 71.0. The van der Waals surface area contributed by atoms with Crippen LogP contribution in [0.25, 0.3) is 0 Å². The van der Waals surface area contributed by atoms with E-state index in [0.717, 1.165) is 114 Å². The summed E-state index contributed by atoms with van der Waals surface area (Å²) < 4.78 is 68.6. The van der Waals surface area contributed by atoms with Gasteiger partial charge in [0.15, 0.2) is 12.2 Å². The maximum atomic E-state index is 13.1. The molecule has 0 saturated heterocycles. The monoisotopic (exact) mass is 1410 g/mol. The maximum Gasteiger partial charge on any atom is 0.472 e. The minimum Gasteiger partial charge on any atom is -0.462 e. The number of carbonyl (C=O) groups excluding carboxylic acids is 4. The summed E-state index contributed by atoms with van der Waals surface area (Å²) in [4.78, 5) is 72.8. The molecule has 6 atom stereocenters. The van der Waals surface area contributed by atoms with E-state index in [1.807, 2.05) is 0 Å². The molecule has 0 aromatic rings. The highest BCUT2D eigenvalue weighted by atomic mass is 31.2. The quantitative estimate of drug-likeness (QED) is 0.0222. The first-order valence-electron chi connectivity index (χ1n) is 39.7. The first kappa shape index (κ1) is 94.1. The van der Waals surface area contributed by atoms with Crippen LogP contribution in [0.3, 0.4) is 0 Å². The van der Waals surface area contributed by atoms with Gasteiger partial charge in [0, 0.05) is 25.7 Å². The van der Waals surface area contributed by atoms with Crippen LogP contribution in [0.4, 0.5) is 0 Å². The van der Waals surface area contributed by atoms with Gasteiger partial charge in [-0.2, -0.15) is 0 Å². The summed E-state index contributed by atoms with van der Waals surface area (Å²) in [6.45, 7) is 14.2. The van der Waals surface area contributed by atoms with Crippen molar-refractivity contribution >= 4 is 39.5 Å². The molecule has 0 radical (unpaired) electrons. The third-order valence-electron chi connectivity index (χ3n) is 18.2. The summed E-state index contributed by atoms with van der Waals surface area (Å²) in [7, 11) is -9.91. The number of phosphoric acid groups is 2. The number of aliphatic hydroxyl groups excluding tert-OH is 1. The Bertz CT molecular complexity index is 1890. The first-order chi connectivity index (χ1) is 46.1. The van der Waals surface area contributed by atoms with Crippen LogP contribution in [-0.4, -0.2) is 96.7 Å². The third kappa shape index (κ3) is 69.2. The Balaban J connectivity index is 5.25. The van der Waals surface area contributed by atoms with E-state index in [-0.39, 0.29) is 25.7 Å². The van der Waals surface area contributed by atoms with Crippen LogP contribution in [0, 0.1) is 23.7 Å². The summed E-state index contributed by atoms with van der Waals surface area (Å²) in [5.74, 6) is 0.948. The van der Waals surface area contributed by atoms with E-state index < -0.39 is 97.5 Å². The fraction of sp³-hybridized carbons (Fsp3) is 0.948. The molecule has 0 aliphatic carbocycles. The van der Waals surface area contributed by atoms with E-state index in [1.165, 1.54) is 186 Å². The number of carbonyl (C=O) groups is 4. The molecule has 96 heavy (non-hydrogen) atoms. The Kier molecular flexibility index (Phi) is 65.0. The van der Waals surface area contributed by atoms with Gasteiger partial charge in [0.05, 0.1) is 26.4 Å². The van der Waals surface area contributed by atoms with Crippen LogP contribution in [0.15, 0.2) is 0 Å². The smallest absolute Gasteiger partial charge is 0.462 e. The number of aliphatic hydroxyl groups is 1. The van der Waals surface area contributed by atoms with E-state index >= 15 is 0 Å². The van der Waals surface area contributed by atoms with Gasteiger partial charge < -0.3 is 33.8 Å². The third-order valence-corrected chi connectivity index (χ3v) is 20.1. The van der Waals surface area contributed by atoms with Crippen LogP contribution in [0.1, 0.15) is 389 Å². The van der Waals surface area contributed by atoms with Crippen LogP contribution in [-0.2, 0) is 65.4 Å². The van der Waals surface area contributed by atoms with Gasteiger partial charge in [-0.1, -0.05) is 338 Å². The van der Waals surface area contributed by atoms with E-state index in [2.05, 4.69) is 55.4 Å². The molecule has 570 valence electrons. The van der Waals surface area contributed by atoms with Gasteiger partial charge >= 0.3 is 39.5 Å². The lowest BCUT2D eigenvalue weighted by Crippen LogP contribution is -2.30. The first-order valence-corrected chi connectivity index (χ1v) is 42.7. The predicted octanol–water partition coefficient (Wildman–Crippen LogP) is 22.4. The van der Waals surface area contributed by atoms with E-state index in [0.29, 0.717) is 31.6 Å². The van der Waals surface area contributed by atoms with Crippen LogP contribution >= 0.6 is 15.6 Å². The normalized spacial score (nSPS) is 14.4. The second-order valence-corrected chi connectivity index (χ2v) is 32.3. The number of rotatable bonds is 74. The van der Waals surface area contributed by atoms with Crippen molar-refractivity contribution in [3.63, 3.8) is 0 Å². The molecule has 0 saturated carbocycles. The molecule has 17 nitrogen and oxygen atoms in total. The van der Waals surface area contributed by atoms with Crippen molar-refractivity contribution < 1.29 is 80.2 Å². The van der Waals surface area contributed by atoms with Gasteiger partial charge in [0.2, 0.25) is 0 Å². The molecule has 0 aromatic heterocycles. The highest BCUT2D eigenvalue weighted by Gasteiger charge is 2.30. The number of hydrogen-bond donors (Lipinski definition) is 3. The van der Waals surface area contributed by atoms with E-state index in [9.17, 15) is 43.2 Å². The molecule has 4 unspecified atom stereocenters. The molecular formula is C77H150O17P2. The number of ether oxygens (including phenoxy) is 4. The zero-order valence-corrected chi connectivity index (χ0v) is 64.8. The van der Waals surface area contributed by atoms with E-state index in [4.69, 9.17) is 37.0 Å². The van der Waals surface area contributed by atoms with Crippen molar-refractivity contribution in [3.05, 3.63) is 0 Å². The standard InChI is InChI=1S/C77H150O17P2/c1-9-70(8)56-48-40-32-26-27-35-44-52-60-77(82)94-73(64-88-75(80)58-50-42-36-28-31-39-47-55-69(6)7)66-92-96(85,86)90-62-71(78)61-89-95(83,84)91-65-72(93-76(81)59-51-43-34-25-21-17-13-11-15-19-23-30-38-46-54-68(4)5)63-87-74(79)57-49-41-33-24-20-16-12-10-14-18-22-29-37-45-53-67(2)3/h67-73,78H,9-66H2,1-8H3,(H,83,84)(H,85,86)/t70?,71?,72-,73-/m1/s1. The fourth-order valence-corrected chi connectivity index (χ4v) is 13.3. The Morgan fingerprint density at radius 2 is 0.500 bits per heavy atom. The summed E-state index contributed by atoms with van der Waals surface area (Å²) in [5, 5.41) is 10.6. The molecule has 0 aromatic carbocycles. The van der Waals surface area contributed by atoms with Gasteiger partial charge in [-0.25, -0.2) is 9.13 Å². The Morgan fingerprint density at radius 3 is 0.740 bits per heavy atom. The second kappa shape index (κ2) is 66.3. The minimum atomic E-state index is -4.96. The Hall–Kier alpha value is -1.94. The van der Waals surface area contributed by atoms with Crippen molar-refractivity contribution in [3.8, 4) is 0 Å². The average molecular weight is 1410 g/mol. The molecule has 0 amide bonds. The molecule has 0 aliphatic rings. The Labute approximate surface area is 588 Å². The van der Waals surface area contributed by atoms with Gasteiger partial charge in [-0.15, -0.1) is 0 Å². The van der Waals surface area contributed by atoms with Gasteiger partial charge in [0.1, 0.15) is 19.3 Å². The van der Waals surface area contributed by atoms with Crippen LogP contribution in [0.2, 0.25) is 0 Å².